The van der Waals surface area contributed by atoms with E-state index < -0.39 is 5.91 Å². The van der Waals surface area contributed by atoms with Gasteiger partial charge in [-0.1, -0.05) is 0 Å². The lowest BCUT2D eigenvalue weighted by Gasteiger charge is -1.99. The zero-order valence-electron chi connectivity index (χ0n) is 8.21. The van der Waals surface area contributed by atoms with Gasteiger partial charge >= 0.3 is 0 Å². The maximum Gasteiger partial charge on any atom is 0.254 e. The molecular weight excluding hydrogens is 210 g/mol. The molecule has 0 radical (unpaired) electrons. The lowest BCUT2D eigenvalue weighted by Crippen LogP contribution is -2.16. The molecule has 0 spiro atoms. The van der Waals surface area contributed by atoms with Gasteiger partial charge in [0.2, 0.25) is 0 Å². The van der Waals surface area contributed by atoms with E-state index in [9.17, 15) is 9.90 Å². The first-order valence-corrected chi connectivity index (χ1v) is 4.34. The molecule has 0 aliphatic heterocycles. The maximum atomic E-state index is 10.8. The van der Waals surface area contributed by atoms with Gasteiger partial charge in [-0.3, -0.25) is 4.79 Å². The topological polar surface area (TPSA) is 106 Å². The second-order valence-corrected chi connectivity index (χ2v) is 2.87. The monoisotopic (exact) mass is 219 g/mol. The van der Waals surface area contributed by atoms with E-state index in [1.54, 1.807) is 6.07 Å². The molecule has 0 heterocycles. The third kappa shape index (κ3) is 3.31. The van der Waals surface area contributed by atoms with Gasteiger partial charge in [0.25, 0.3) is 5.91 Å². The summed E-state index contributed by atoms with van der Waals surface area (Å²) in [5.41, 5.74) is 2.45. The van der Waals surface area contributed by atoms with Crippen LogP contribution in [0.15, 0.2) is 23.3 Å². The van der Waals surface area contributed by atoms with E-state index in [0.717, 1.165) is 6.07 Å². The number of phenolic OH excluding ortho intramolecular Hbond substituents is 2. The van der Waals surface area contributed by atoms with Crippen molar-refractivity contribution in [2.45, 2.75) is 6.42 Å². The van der Waals surface area contributed by atoms with Crippen LogP contribution in [-0.4, -0.2) is 22.3 Å². The number of nitrogens with one attached hydrogen (secondary N) is 1. The molecule has 82 valence electrons. The predicted molar refractivity (Wildman–Crippen MR) is 55.7 cm³/mol. The minimum absolute atomic E-state index is 0.0665. The number of carbonyl (C=O) groups is 1. The van der Waals surface area contributed by atoms with Crippen LogP contribution < -0.4 is 5.43 Å². The van der Waals surface area contributed by atoms with Crippen LogP contribution in [0.4, 0.5) is 0 Å². The lowest BCUT2D eigenvalue weighted by atomic mass is 10.2. The summed E-state index contributed by atoms with van der Waals surface area (Å²) in [6, 6.07) is 5.63. The molecule has 0 saturated heterocycles. The van der Waals surface area contributed by atoms with E-state index in [4.69, 9.17) is 10.4 Å². The van der Waals surface area contributed by atoms with Gasteiger partial charge in [0, 0.05) is 11.6 Å². The predicted octanol–water partition coefficient (Wildman–Crippen LogP) is 0.462. The molecule has 6 heteroatoms. The van der Waals surface area contributed by atoms with Gasteiger partial charge in [-0.05, 0) is 12.1 Å². The number of benzene rings is 1. The SMILES string of the molecule is N#CCC(=O)NN=Cc1ccc(O)cc1O. The molecule has 0 aromatic heterocycles. The summed E-state index contributed by atoms with van der Waals surface area (Å²) in [6.45, 7) is 0. The molecule has 1 aromatic carbocycles. The van der Waals surface area contributed by atoms with Crippen molar-refractivity contribution in [1.29, 1.82) is 5.26 Å². The Balaban J connectivity index is 2.63. The Morgan fingerprint density at radius 2 is 2.31 bits per heavy atom. The fourth-order valence-electron chi connectivity index (χ4n) is 0.926. The number of phenols is 2. The summed E-state index contributed by atoms with van der Waals surface area (Å²) in [7, 11) is 0. The van der Waals surface area contributed by atoms with Crippen molar-refractivity contribution in [2.75, 3.05) is 0 Å². The van der Waals surface area contributed by atoms with E-state index in [1.165, 1.54) is 18.3 Å². The fourth-order valence-corrected chi connectivity index (χ4v) is 0.926. The first kappa shape index (κ1) is 11.5. The highest BCUT2D eigenvalue weighted by atomic mass is 16.3. The number of amides is 1. The lowest BCUT2D eigenvalue weighted by molar-refractivity contribution is -0.120. The number of nitriles is 1. The van der Waals surface area contributed by atoms with E-state index in [-0.39, 0.29) is 17.9 Å². The number of hydrazone groups is 1. The Bertz CT molecular complexity index is 463. The quantitative estimate of drug-likeness (QED) is 0.507. The van der Waals surface area contributed by atoms with Crippen LogP contribution in [0.25, 0.3) is 0 Å². The molecule has 3 N–H and O–H groups in total. The number of hydrogen-bond donors (Lipinski definition) is 3. The molecule has 0 aliphatic rings. The van der Waals surface area contributed by atoms with Crippen molar-refractivity contribution < 1.29 is 15.0 Å². The number of carbonyl (C=O) groups excluding carboxylic acids is 1. The third-order valence-electron chi connectivity index (χ3n) is 1.65. The zero-order valence-corrected chi connectivity index (χ0v) is 8.21. The van der Waals surface area contributed by atoms with E-state index in [2.05, 4.69) is 10.5 Å². The van der Waals surface area contributed by atoms with Crippen molar-refractivity contribution in [3.8, 4) is 17.6 Å². The Hall–Kier alpha value is -2.55. The van der Waals surface area contributed by atoms with Gasteiger partial charge in [-0.2, -0.15) is 10.4 Å². The summed E-state index contributed by atoms with van der Waals surface area (Å²) in [6.07, 6.45) is 0.933. The Morgan fingerprint density at radius 3 is 2.94 bits per heavy atom. The summed E-state index contributed by atoms with van der Waals surface area (Å²) < 4.78 is 0. The molecular formula is C10H9N3O3. The molecule has 1 aromatic rings. The van der Waals surface area contributed by atoms with E-state index in [0.29, 0.717) is 5.56 Å². The number of rotatable bonds is 3. The van der Waals surface area contributed by atoms with Gasteiger partial charge < -0.3 is 10.2 Å². The van der Waals surface area contributed by atoms with Crippen molar-refractivity contribution in [3.05, 3.63) is 23.8 Å². The molecule has 0 aliphatic carbocycles. The molecule has 1 rings (SSSR count). The number of aromatic hydroxyl groups is 2. The van der Waals surface area contributed by atoms with Crippen LogP contribution in [0.3, 0.4) is 0 Å². The molecule has 0 bridgehead atoms. The molecule has 0 unspecified atom stereocenters. The molecule has 1 amide bonds. The van der Waals surface area contributed by atoms with Crippen LogP contribution >= 0.6 is 0 Å². The minimum Gasteiger partial charge on any atom is -0.508 e. The standard InChI is InChI=1S/C10H9N3O3/c11-4-3-10(16)13-12-6-7-1-2-8(14)5-9(7)15/h1-2,5-6,14-15H,3H2,(H,13,16). The molecule has 16 heavy (non-hydrogen) atoms. The smallest absolute Gasteiger partial charge is 0.254 e. The van der Waals surface area contributed by atoms with Crippen LogP contribution in [0.2, 0.25) is 0 Å². The molecule has 6 nitrogen and oxygen atoms in total. The van der Waals surface area contributed by atoms with E-state index in [1.807, 2.05) is 0 Å². The Morgan fingerprint density at radius 1 is 1.56 bits per heavy atom. The number of hydrogen-bond acceptors (Lipinski definition) is 5. The second-order valence-electron chi connectivity index (χ2n) is 2.87. The largest absolute Gasteiger partial charge is 0.508 e. The zero-order chi connectivity index (χ0) is 12.0. The highest BCUT2D eigenvalue weighted by molar-refractivity contribution is 5.85. The van der Waals surface area contributed by atoms with Gasteiger partial charge in [0.05, 0.1) is 12.3 Å². The average molecular weight is 219 g/mol. The average Bonchev–Trinajstić information content (AvgIpc) is 2.22. The molecule has 0 atom stereocenters. The van der Waals surface area contributed by atoms with Crippen molar-refractivity contribution in [3.63, 3.8) is 0 Å². The number of nitrogens with zero attached hydrogens (tertiary/aromatic N) is 2. The Labute approximate surface area is 91.4 Å². The first-order chi connectivity index (χ1) is 7.63. The summed E-state index contributed by atoms with van der Waals surface area (Å²) >= 11 is 0. The van der Waals surface area contributed by atoms with Crippen molar-refractivity contribution >= 4 is 12.1 Å². The van der Waals surface area contributed by atoms with Gasteiger partial charge in [0.15, 0.2) is 0 Å². The second kappa shape index (κ2) is 5.36. The van der Waals surface area contributed by atoms with Crippen molar-refractivity contribution in [1.82, 2.24) is 5.43 Å². The molecule has 0 saturated carbocycles. The van der Waals surface area contributed by atoms with Crippen molar-refractivity contribution in [2.24, 2.45) is 5.10 Å². The summed E-state index contributed by atoms with van der Waals surface area (Å²) in [5.74, 6) is -0.751. The third-order valence-corrected chi connectivity index (χ3v) is 1.65. The highest BCUT2D eigenvalue weighted by Gasteiger charge is 2.00. The minimum atomic E-state index is -0.531. The van der Waals surface area contributed by atoms with E-state index >= 15 is 0 Å². The van der Waals surface area contributed by atoms with Crippen LogP contribution in [-0.2, 0) is 4.79 Å². The normalized spacial score (nSPS) is 9.94. The first-order valence-electron chi connectivity index (χ1n) is 4.34. The van der Waals surface area contributed by atoms with Gasteiger partial charge in [0.1, 0.15) is 17.9 Å². The maximum absolute atomic E-state index is 10.8. The van der Waals surface area contributed by atoms with Crippen LogP contribution in [0.5, 0.6) is 11.5 Å². The molecule has 0 fully saturated rings. The van der Waals surface area contributed by atoms with Crippen LogP contribution in [0, 0.1) is 11.3 Å². The summed E-state index contributed by atoms with van der Waals surface area (Å²) in [4.78, 5) is 10.8. The summed E-state index contributed by atoms with van der Waals surface area (Å²) in [5, 5.41) is 30.1. The highest BCUT2D eigenvalue weighted by Crippen LogP contribution is 2.20. The van der Waals surface area contributed by atoms with Gasteiger partial charge in [-0.25, -0.2) is 5.43 Å². The Kier molecular flexibility index (Phi) is 3.86. The fraction of sp³-hybridized carbons (Fsp3) is 0.100. The van der Waals surface area contributed by atoms with Crippen LogP contribution in [0.1, 0.15) is 12.0 Å². The van der Waals surface area contributed by atoms with Gasteiger partial charge in [-0.15, -0.1) is 0 Å².